The van der Waals surface area contributed by atoms with Gasteiger partial charge in [0.25, 0.3) is 0 Å². The number of ether oxygens (including phenoxy) is 1. The molecule has 0 aliphatic heterocycles. The molecule has 0 saturated carbocycles. The van der Waals surface area contributed by atoms with E-state index in [9.17, 15) is 4.79 Å². The normalized spacial score (nSPS) is 12.2. The van der Waals surface area contributed by atoms with Crippen molar-refractivity contribution in [3.05, 3.63) is 23.5 Å². The average Bonchev–Trinajstić information content (AvgIpc) is 2.20. The molecule has 0 aliphatic rings. The minimum Gasteiger partial charge on any atom is -0.496 e. The lowest BCUT2D eigenvalue weighted by atomic mass is 9.99. The molecule has 1 rings (SSSR count). The number of methoxy groups -OCH3 is 1. The number of carboxylic acids is 1. The van der Waals surface area contributed by atoms with Crippen LogP contribution in [-0.4, -0.2) is 23.2 Å². The number of pyridine rings is 1. The largest absolute Gasteiger partial charge is 0.496 e. The van der Waals surface area contributed by atoms with Gasteiger partial charge in [0.1, 0.15) is 5.75 Å². The van der Waals surface area contributed by atoms with Gasteiger partial charge < -0.3 is 9.84 Å². The van der Waals surface area contributed by atoms with Crippen molar-refractivity contribution in [1.29, 1.82) is 0 Å². The number of hydrogen-bond acceptors (Lipinski definition) is 3. The fourth-order valence-corrected chi connectivity index (χ4v) is 1.41. The first kappa shape index (κ1) is 11.5. The van der Waals surface area contributed by atoms with Crippen LogP contribution in [0.5, 0.6) is 5.75 Å². The number of rotatable bonds is 4. The van der Waals surface area contributed by atoms with Gasteiger partial charge in [0.2, 0.25) is 0 Å². The predicted octanol–water partition coefficient (Wildman–Crippen LogP) is 1.66. The van der Waals surface area contributed by atoms with Crippen LogP contribution in [0, 0.1) is 12.8 Å². The zero-order valence-electron chi connectivity index (χ0n) is 9.15. The van der Waals surface area contributed by atoms with Crippen LogP contribution in [0.25, 0.3) is 0 Å². The second-order valence-corrected chi connectivity index (χ2v) is 3.52. The molecule has 0 spiro atoms. The van der Waals surface area contributed by atoms with Crippen LogP contribution in [-0.2, 0) is 11.2 Å². The molecule has 1 aromatic rings. The van der Waals surface area contributed by atoms with Gasteiger partial charge in [-0.15, -0.1) is 0 Å². The van der Waals surface area contributed by atoms with Gasteiger partial charge in [-0.2, -0.15) is 0 Å². The van der Waals surface area contributed by atoms with E-state index >= 15 is 0 Å². The average molecular weight is 209 g/mol. The quantitative estimate of drug-likeness (QED) is 0.819. The van der Waals surface area contributed by atoms with Crippen molar-refractivity contribution in [1.82, 2.24) is 4.98 Å². The molecule has 82 valence electrons. The first-order chi connectivity index (χ1) is 7.06. The third-order valence-electron chi connectivity index (χ3n) is 2.38. The molecule has 0 saturated heterocycles. The Morgan fingerprint density at radius 3 is 2.87 bits per heavy atom. The fourth-order valence-electron chi connectivity index (χ4n) is 1.41. The van der Waals surface area contributed by atoms with E-state index in [1.165, 1.54) is 0 Å². The van der Waals surface area contributed by atoms with Crippen molar-refractivity contribution in [2.75, 3.05) is 7.11 Å². The lowest BCUT2D eigenvalue weighted by molar-refractivity contribution is -0.141. The van der Waals surface area contributed by atoms with E-state index in [2.05, 4.69) is 4.98 Å². The topological polar surface area (TPSA) is 59.4 Å². The number of carbonyl (C=O) groups is 1. The van der Waals surface area contributed by atoms with Gasteiger partial charge in [0, 0.05) is 17.5 Å². The summed E-state index contributed by atoms with van der Waals surface area (Å²) in [6.45, 7) is 3.53. The third-order valence-corrected chi connectivity index (χ3v) is 2.38. The van der Waals surface area contributed by atoms with Crippen LogP contribution in [0.2, 0.25) is 0 Å². The van der Waals surface area contributed by atoms with Gasteiger partial charge in [-0.05, 0) is 19.4 Å². The minimum absolute atomic E-state index is 0.429. The summed E-state index contributed by atoms with van der Waals surface area (Å²) in [6.07, 6.45) is 2.10. The molecule has 4 heteroatoms. The summed E-state index contributed by atoms with van der Waals surface area (Å²) >= 11 is 0. The van der Waals surface area contributed by atoms with E-state index in [0.29, 0.717) is 12.2 Å². The maximum Gasteiger partial charge on any atom is 0.306 e. The zero-order valence-corrected chi connectivity index (χ0v) is 9.15. The Hall–Kier alpha value is -1.58. The molecule has 1 aromatic heterocycles. The number of nitrogens with zero attached hydrogens (tertiary/aromatic N) is 1. The summed E-state index contributed by atoms with van der Waals surface area (Å²) < 4.78 is 5.17. The van der Waals surface area contributed by atoms with Crippen molar-refractivity contribution < 1.29 is 14.6 Å². The van der Waals surface area contributed by atoms with Crippen LogP contribution in [0.1, 0.15) is 18.2 Å². The summed E-state index contributed by atoms with van der Waals surface area (Å²) in [5.74, 6) is -0.530. The highest BCUT2D eigenvalue weighted by molar-refractivity contribution is 5.70. The summed E-state index contributed by atoms with van der Waals surface area (Å²) in [6, 6.07) is 1.75. The second kappa shape index (κ2) is 4.77. The van der Waals surface area contributed by atoms with E-state index in [0.717, 1.165) is 11.3 Å². The number of aryl methyl sites for hydroxylation is 1. The Balaban J connectivity index is 2.97. The molecule has 1 heterocycles. The molecule has 0 amide bonds. The van der Waals surface area contributed by atoms with E-state index < -0.39 is 11.9 Å². The molecular weight excluding hydrogens is 194 g/mol. The van der Waals surface area contributed by atoms with Crippen molar-refractivity contribution in [2.24, 2.45) is 5.92 Å². The van der Waals surface area contributed by atoms with Gasteiger partial charge in [0.15, 0.2) is 0 Å². The first-order valence-corrected chi connectivity index (χ1v) is 4.77. The highest BCUT2D eigenvalue weighted by Gasteiger charge is 2.16. The van der Waals surface area contributed by atoms with E-state index in [1.807, 2.05) is 6.92 Å². The van der Waals surface area contributed by atoms with Crippen LogP contribution in [0.4, 0.5) is 0 Å². The molecule has 0 bridgehead atoms. The molecule has 15 heavy (non-hydrogen) atoms. The SMILES string of the molecule is COc1ccnc(C)c1CC(C)C(=O)O. The highest BCUT2D eigenvalue weighted by Crippen LogP contribution is 2.23. The van der Waals surface area contributed by atoms with E-state index in [1.54, 1.807) is 26.3 Å². The number of aromatic nitrogens is 1. The second-order valence-electron chi connectivity index (χ2n) is 3.52. The van der Waals surface area contributed by atoms with Crippen LogP contribution < -0.4 is 4.74 Å². The minimum atomic E-state index is -0.805. The fraction of sp³-hybridized carbons (Fsp3) is 0.455. The van der Waals surface area contributed by atoms with E-state index in [-0.39, 0.29) is 0 Å². The van der Waals surface area contributed by atoms with E-state index in [4.69, 9.17) is 9.84 Å². The van der Waals surface area contributed by atoms with Crippen molar-refractivity contribution in [3.63, 3.8) is 0 Å². The Bertz CT molecular complexity index is 363. The van der Waals surface area contributed by atoms with Gasteiger partial charge in [-0.1, -0.05) is 6.92 Å². The Labute approximate surface area is 88.9 Å². The molecular formula is C11H15NO3. The standard InChI is InChI=1S/C11H15NO3/c1-7(11(13)14)6-9-8(2)12-5-4-10(9)15-3/h4-5,7H,6H2,1-3H3,(H,13,14). The smallest absolute Gasteiger partial charge is 0.306 e. The summed E-state index contributed by atoms with van der Waals surface area (Å²) in [4.78, 5) is 14.9. The van der Waals surface area contributed by atoms with Crippen molar-refractivity contribution >= 4 is 5.97 Å². The summed E-state index contributed by atoms with van der Waals surface area (Å²) in [5.41, 5.74) is 1.69. The van der Waals surface area contributed by atoms with Crippen molar-refractivity contribution in [3.8, 4) is 5.75 Å². The number of hydrogen-bond donors (Lipinski definition) is 1. The Morgan fingerprint density at radius 1 is 1.67 bits per heavy atom. The van der Waals surface area contributed by atoms with Crippen LogP contribution in [0.15, 0.2) is 12.3 Å². The maximum atomic E-state index is 10.8. The summed E-state index contributed by atoms with van der Waals surface area (Å²) in [7, 11) is 1.57. The van der Waals surface area contributed by atoms with Crippen LogP contribution in [0.3, 0.4) is 0 Å². The maximum absolute atomic E-state index is 10.8. The Kier molecular flexibility index (Phi) is 3.66. The van der Waals surface area contributed by atoms with Gasteiger partial charge in [-0.25, -0.2) is 0 Å². The highest BCUT2D eigenvalue weighted by atomic mass is 16.5. The predicted molar refractivity (Wildman–Crippen MR) is 56.0 cm³/mol. The number of carboxylic acid groups (broad SMARTS) is 1. The molecule has 4 nitrogen and oxygen atoms in total. The van der Waals surface area contributed by atoms with Crippen molar-refractivity contribution in [2.45, 2.75) is 20.3 Å². The molecule has 1 atom stereocenters. The third kappa shape index (κ3) is 2.68. The lowest BCUT2D eigenvalue weighted by Gasteiger charge is -2.12. The molecule has 0 aliphatic carbocycles. The number of aliphatic carboxylic acids is 1. The monoisotopic (exact) mass is 209 g/mol. The van der Waals surface area contributed by atoms with Gasteiger partial charge in [0.05, 0.1) is 13.0 Å². The molecule has 0 radical (unpaired) electrons. The van der Waals surface area contributed by atoms with Gasteiger partial charge in [-0.3, -0.25) is 9.78 Å². The zero-order chi connectivity index (χ0) is 11.4. The molecule has 1 N–H and O–H groups in total. The molecule has 0 aromatic carbocycles. The summed E-state index contributed by atoms with van der Waals surface area (Å²) in [5, 5.41) is 8.84. The lowest BCUT2D eigenvalue weighted by Crippen LogP contribution is -2.14. The molecule has 1 unspecified atom stereocenters. The van der Waals surface area contributed by atoms with Crippen LogP contribution >= 0.6 is 0 Å². The first-order valence-electron chi connectivity index (χ1n) is 4.77. The Morgan fingerprint density at radius 2 is 2.33 bits per heavy atom. The molecule has 0 fully saturated rings. The van der Waals surface area contributed by atoms with Gasteiger partial charge >= 0.3 is 5.97 Å².